The third-order valence-electron chi connectivity index (χ3n) is 4.22. The van der Waals surface area contributed by atoms with Crippen molar-refractivity contribution in [1.29, 1.82) is 0 Å². The van der Waals surface area contributed by atoms with E-state index in [2.05, 4.69) is 5.32 Å². The van der Waals surface area contributed by atoms with Gasteiger partial charge in [0.1, 0.15) is 0 Å². The molecule has 0 fully saturated rings. The summed E-state index contributed by atoms with van der Waals surface area (Å²) in [6.07, 6.45) is 2.99. The molecule has 0 bridgehead atoms. The SMILES string of the molecule is Cc1cccc(C(=O)NC2CCCc3cc(N)ccc32)c1Cl.Cl. The number of fused-ring (bicyclic) bond motifs is 1. The predicted molar refractivity (Wildman–Crippen MR) is 97.4 cm³/mol. The van der Waals surface area contributed by atoms with Crippen LogP contribution in [0.25, 0.3) is 0 Å². The summed E-state index contributed by atoms with van der Waals surface area (Å²) < 4.78 is 0. The van der Waals surface area contributed by atoms with E-state index >= 15 is 0 Å². The Balaban J connectivity index is 0.00000192. The van der Waals surface area contributed by atoms with Crippen LogP contribution in [0.5, 0.6) is 0 Å². The topological polar surface area (TPSA) is 55.1 Å². The number of nitrogens with one attached hydrogen (secondary N) is 1. The highest BCUT2D eigenvalue weighted by Crippen LogP contribution is 2.31. The number of nitrogens with two attached hydrogens (primary N) is 1. The van der Waals surface area contributed by atoms with Crippen LogP contribution in [0.1, 0.15) is 45.9 Å². The predicted octanol–water partition coefficient (Wildman–Crippen LogP) is 4.46. The van der Waals surface area contributed by atoms with E-state index < -0.39 is 0 Å². The van der Waals surface area contributed by atoms with Crippen molar-refractivity contribution in [3.63, 3.8) is 0 Å². The van der Waals surface area contributed by atoms with Crippen molar-refractivity contribution in [2.45, 2.75) is 32.2 Å². The van der Waals surface area contributed by atoms with E-state index in [-0.39, 0.29) is 24.4 Å². The molecule has 0 heterocycles. The van der Waals surface area contributed by atoms with Crippen molar-refractivity contribution >= 4 is 35.6 Å². The molecule has 0 saturated carbocycles. The monoisotopic (exact) mass is 350 g/mol. The Bertz CT molecular complexity index is 731. The summed E-state index contributed by atoms with van der Waals surface area (Å²) in [4.78, 5) is 12.5. The summed E-state index contributed by atoms with van der Waals surface area (Å²) in [6.45, 7) is 1.90. The number of rotatable bonds is 2. The van der Waals surface area contributed by atoms with Gasteiger partial charge < -0.3 is 11.1 Å². The molecule has 1 atom stereocenters. The molecule has 1 aliphatic carbocycles. The molecule has 5 heteroatoms. The third kappa shape index (κ3) is 3.62. The molecule has 1 aliphatic rings. The van der Waals surface area contributed by atoms with Gasteiger partial charge in [0.05, 0.1) is 16.6 Å². The van der Waals surface area contributed by atoms with E-state index in [4.69, 9.17) is 17.3 Å². The lowest BCUT2D eigenvalue weighted by Crippen LogP contribution is -2.31. The zero-order chi connectivity index (χ0) is 15.7. The maximum absolute atomic E-state index is 12.5. The summed E-state index contributed by atoms with van der Waals surface area (Å²) in [6, 6.07) is 11.5. The number of aryl methyl sites for hydroxylation is 2. The fourth-order valence-electron chi connectivity index (χ4n) is 3.04. The number of hydrogen-bond acceptors (Lipinski definition) is 2. The summed E-state index contributed by atoms with van der Waals surface area (Å²) in [7, 11) is 0. The molecule has 3 N–H and O–H groups in total. The summed E-state index contributed by atoms with van der Waals surface area (Å²) in [5, 5.41) is 3.64. The largest absolute Gasteiger partial charge is 0.399 e. The number of nitrogen functional groups attached to an aromatic ring is 1. The van der Waals surface area contributed by atoms with E-state index in [1.54, 1.807) is 6.07 Å². The molecule has 1 unspecified atom stereocenters. The van der Waals surface area contributed by atoms with Crippen LogP contribution in [-0.2, 0) is 6.42 Å². The van der Waals surface area contributed by atoms with Crippen molar-refractivity contribution in [2.24, 2.45) is 0 Å². The molecule has 0 saturated heterocycles. The lowest BCUT2D eigenvalue weighted by molar-refractivity contribution is 0.0933. The van der Waals surface area contributed by atoms with Crippen LogP contribution in [0.2, 0.25) is 5.02 Å². The molecule has 3 nitrogen and oxygen atoms in total. The molecule has 23 heavy (non-hydrogen) atoms. The van der Waals surface area contributed by atoms with Gasteiger partial charge in [-0.15, -0.1) is 12.4 Å². The van der Waals surface area contributed by atoms with Crippen LogP contribution in [0.3, 0.4) is 0 Å². The summed E-state index contributed by atoms with van der Waals surface area (Å²) in [5.41, 5.74) is 10.5. The van der Waals surface area contributed by atoms with E-state index in [1.165, 1.54) is 5.56 Å². The maximum Gasteiger partial charge on any atom is 0.253 e. The van der Waals surface area contributed by atoms with E-state index in [9.17, 15) is 4.79 Å². The Labute approximate surface area is 147 Å². The lowest BCUT2D eigenvalue weighted by Gasteiger charge is -2.27. The molecule has 1 amide bonds. The number of anilines is 1. The Morgan fingerprint density at radius 1 is 1.30 bits per heavy atom. The molecule has 122 valence electrons. The molecule has 2 aromatic carbocycles. The number of halogens is 2. The van der Waals surface area contributed by atoms with Gasteiger partial charge in [-0.2, -0.15) is 0 Å². The highest BCUT2D eigenvalue weighted by Gasteiger charge is 2.23. The Hall–Kier alpha value is -1.71. The Kier molecular flexibility index (Phi) is 5.55. The van der Waals surface area contributed by atoms with Crippen molar-refractivity contribution in [2.75, 3.05) is 5.73 Å². The second kappa shape index (κ2) is 7.24. The molecule has 0 radical (unpaired) electrons. The molecule has 0 spiro atoms. The average molecular weight is 351 g/mol. The van der Waals surface area contributed by atoms with Gasteiger partial charge >= 0.3 is 0 Å². The van der Waals surface area contributed by atoms with Gasteiger partial charge in [-0.25, -0.2) is 0 Å². The summed E-state index contributed by atoms with van der Waals surface area (Å²) in [5.74, 6) is -0.122. The van der Waals surface area contributed by atoms with Crippen LogP contribution < -0.4 is 11.1 Å². The van der Waals surface area contributed by atoms with E-state index in [1.807, 2.05) is 37.3 Å². The fraction of sp³-hybridized carbons (Fsp3) is 0.278. The first-order chi connectivity index (χ1) is 10.6. The number of benzene rings is 2. The Morgan fingerprint density at radius 3 is 2.87 bits per heavy atom. The van der Waals surface area contributed by atoms with Crippen molar-refractivity contribution in [3.05, 3.63) is 63.7 Å². The molecule has 0 aromatic heterocycles. The molecular formula is C18H20Cl2N2O. The first-order valence-electron chi connectivity index (χ1n) is 7.50. The van der Waals surface area contributed by atoms with Crippen LogP contribution in [0.4, 0.5) is 5.69 Å². The Morgan fingerprint density at radius 2 is 2.09 bits per heavy atom. The number of carbonyl (C=O) groups excluding carboxylic acids is 1. The first kappa shape index (κ1) is 17.6. The third-order valence-corrected chi connectivity index (χ3v) is 4.72. The maximum atomic E-state index is 12.5. The van der Waals surface area contributed by atoms with Crippen LogP contribution in [-0.4, -0.2) is 5.91 Å². The van der Waals surface area contributed by atoms with Crippen LogP contribution >= 0.6 is 24.0 Å². The number of amides is 1. The molecule has 2 aromatic rings. The van der Waals surface area contributed by atoms with Gasteiger partial charge in [0.2, 0.25) is 0 Å². The smallest absolute Gasteiger partial charge is 0.253 e. The van der Waals surface area contributed by atoms with Gasteiger partial charge in [-0.05, 0) is 61.1 Å². The van der Waals surface area contributed by atoms with E-state index in [0.717, 1.165) is 36.1 Å². The minimum atomic E-state index is -0.122. The second-order valence-electron chi connectivity index (χ2n) is 5.81. The normalized spacial score (nSPS) is 16.2. The quantitative estimate of drug-likeness (QED) is 0.785. The highest BCUT2D eigenvalue weighted by atomic mass is 35.5. The first-order valence-corrected chi connectivity index (χ1v) is 7.88. The fourth-order valence-corrected chi connectivity index (χ4v) is 3.25. The highest BCUT2D eigenvalue weighted by molar-refractivity contribution is 6.34. The van der Waals surface area contributed by atoms with Crippen LogP contribution in [0.15, 0.2) is 36.4 Å². The lowest BCUT2D eigenvalue weighted by atomic mass is 9.87. The van der Waals surface area contributed by atoms with Gasteiger partial charge in [-0.3, -0.25) is 4.79 Å². The van der Waals surface area contributed by atoms with Gasteiger partial charge in [0, 0.05) is 5.69 Å². The molecule has 0 aliphatic heterocycles. The van der Waals surface area contributed by atoms with Crippen molar-refractivity contribution in [1.82, 2.24) is 5.32 Å². The van der Waals surface area contributed by atoms with Crippen molar-refractivity contribution in [3.8, 4) is 0 Å². The standard InChI is InChI=1S/C18H19ClN2O.ClH/c1-11-4-2-6-15(17(11)19)18(22)21-16-7-3-5-12-10-13(20)8-9-14(12)16;/h2,4,6,8-10,16H,3,5,7,20H2,1H3,(H,21,22);1H. The van der Waals surface area contributed by atoms with Crippen LogP contribution in [0, 0.1) is 6.92 Å². The summed E-state index contributed by atoms with van der Waals surface area (Å²) >= 11 is 6.25. The van der Waals surface area contributed by atoms with Gasteiger partial charge in [0.15, 0.2) is 0 Å². The minimum absolute atomic E-state index is 0. The zero-order valence-corrected chi connectivity index (χ0v) is 14.5. The minimum Gasteiger partial charge on any atom is -0.399 e. The van der Waals surface area contributed by atoms with Gasteiger partial charge in [0.25, 0.3) is 5.91 Å². The van der Waals surface area contributed by atoms with Gasteiger partial charge in [-0.1, -0.05) is 29.8 Å². The number of carbonyl (C=O) groups is 1. The second-order valence-corrected chi connectivity index (χ2v) is 6.19. The average Bonchev–Trinajstić information content (AvgIpc) is 2.50. The zero-order valence-electron chi connectivity index (χ0n) is 12.9. The molecule has 3 rings (SSSR count). The molecular weight excluding hydrogens is 331 g/mol. The number of hydrogen-bond donors (Lipinski definition) is 2. The van der Waals surface area contributed by atoms with Crippen molar-refractivity contribution < 1.29 is 4.79 Å². The van der Waals surface area contributed by atoms with E-state index in [0.29, 0.717) is 10.6 Å².